The quantitative estimate of drug-likeness (QED) is 0.519. The molecule has 2 aromatic heterocycles. The third kappa shape index (κ3) is 3.99. The third-order valence-electron chi connectivity index (χ3n) is 3.76. The van der Waals surface area contributed by atoms with Crippen molar-refractivity contribution in [3.05, 3.63) is 53.6 Å². The Kier molecular flexibility index (Phi) is 4.87. The van der Waals surface area contributed by atoms with Crippen LogP contribution in [0.3, 0.4) is 0 Å². The van der Waals surface area contributed by atoms with Crippen molar-refractivity contribution in [2.75, 3.05) is 11.1 Å². The van der Waals surface area contributed by atoms with Crippen molar-refractivity contribution in [3.8, 4) is 5.69 Å². The molecule has 0 aliphatic rings. The van der Waals surface area contributed by atoms with Gasteiger partial charge >= 0.3 is 0 Å². The number of fused-ring (bicyclic) bond motifs is 1. The van der Waals surface area contributed by atoms with Gasteiger partial charge < -0.3 is 5.32 Å². The van der Waals surface area contributed by atoms with E-state index in [1.165, 1.54) is 23.1 Å². The summed E-state index contributed by atoms with van der Waals surface area (Å²) in [7, 11) is 0. The molecule has 2 aromatic carbocycles. The predicted molar refractivity (Wildman–Crippen MR) is 108 cm³/mol. The molecule has 0 unspecified atom stereocenters. The molecule has 7 nitrogen and oxygen atoms in total. The summed E-state index contributed by atoms with van der Waals surface area (Å²) < 4.78 is 2.69. The number of thiazole rings is 1. The fourth-order valence-corrected chi connectivity index (χ4v) is 4.29. The Morgan fingerprint density at radius 2 is 1.96 bits per heavy atom. The van der Waals surface area contributed by atoms with E-state index in [4.69, 9.17) is 0 Å². The number of thioether (sulfide) groups is 1. The molecule has 0 aliphatic carbocycles. The van der Waals surface area contributed by atoms with Gasteiger partial charge in [0.2, 0.25) is 11.1 Å². The van der Waals surface area contributed by atoms with Gasteiger partial charge in [-0.3, -0.25) is 4.79 Å². The van der Waals surface area contributed by atoms with Crippen molar-refractivity contribution in [2.24, 2.45) is 0 Å². The van der Waals surface area contributed by atoms with E-state index in [-0.39, 0.29) is 11.7 Å². The maximum Gasteiger partial charge on any atom is 0.236 e. The Balaban J connectivity index is 1.44. The predicted octanol–water partition coefficient (Wildman–Crippen LogP) is 3.62. The number of para-hydroxylation sites is 1. The van der Waals surface area contributed by atoms with Gasteiger partial charge in [-0.1, -0.05) is 41.3 Å². The summed E-state index contributed by atoms with van der Waals surface area (Å²) in [5.41, 5.74) is 4.02. The lowest BCUT2D eigenvalue weighted by atomic mass is 10.1. The minimum Gasteiger partial charge on any atom is -0.301 e. The van der Waals surface area contributed by atoms with Gasteiger partial charge in [-0.2, -0.15) is 4.68 Å². The lowest BCUT2D eigenvalue weighted by Crippen LogP contribution is -2.14. The van der Waals surface area contributed by atoms with Gasteiger partial charge in [-0.25, -0.2) is 4.98 Å². The van der Waals surface area contributed by atoms with E-state index in [2.05, 4.69) is 31.9 Å². The Bertz CT molecular complexity index is 1070. The summed E-state index contributed by atoms with van der Waals surface area (Å²) in [6, 6.07) is 13.9. The second-order valence-electron chi connectivity index (χ2n) is 6.04. The van der Waals surface area contributed by atoms with Crippen LogP contribution in [0.2, 0.25) is 0 Å². The van der Waals surface area contributed by atoms with Crippen molar-refractivity contribution >= 4 is 44.4 Å². The number of aromatic nitrogens is 5. The van der Waals surface area contributed by atoms with Crippen LogP contribution in [-0.2, 0) is 4.79 Å². The molecular formula is C18H16N6OS2. The summed E-state index contributed by atoms with van der Waals surface area (Å²) in [4.78, 5) is 16.7. The van der Waals surface area contributed by atoms with Crippen LogP contribution in [0.15, 0.2) is 47.6 Å². The fraction of sp³-hybridized carbons (Fsp3) is 0.167. The van der Waals surface area contributed by atoms with E-state index in [0.29, 0.717) is 10.3 Å². The molecule has 136 valence electrons. The highest BCUT2D eigenvalue weighted by atomic mass is 32.2. The number of nitrogens with one attached hydrogen (secondary N) is 1. The molecule has 0 radical (unpaired) electrons. The van der Waals surface area contributed by atoms with Gasteiger partial charge in [0.25, 0.3) is 0 Å². The van der Waals surface area contributed by atoms with Crippen molar-refractivity contribution in [1.82, 2.24) is 25.2 Å². The SMILES string of the molecule is Cc1cc(C)cc(-n2nnnc2SCC(=O)Nc2nc3ccccc3s2)c1. The Hall–Kier alpha value is -2.78. The molecule has 2 heterocycles. The van der Waals surface area contributed by atoms with Gasteiger partial charge in [-0.15, -0.1) is 5.10 Å². The van der Waals surface area contributed by atoms with Crippen LogP contribution < -0.4 is 5.32 Å². The van der Waals surface area contributed by atoms with Crippen LogP contribution in [0.4, 0.5) is 5.13 Å². The maximum absolute atomic E-state index is 12.3. The van der Waals surface area contributed by atoms with E-state index < -0.39 is 0 Å². The molecule has 0 saturated carbocycles. The van der Waals surface area contributed by atoms with Gasteiger partial charge in [0.1, 0.15) is 0 Å². The monoisotopic (exact) mass is 396 g/mol. The van der Waals surface area contributed by atoms with Crippen LogP contribution in [0.1, 0.15) is 11.1 Å². The van der Waals surface area contributed by atoms with Crippen LogP contribution in [0.25, 0.3) is 15.9 Å². The topological polar surface area (TPSA) is 85.6 Å². The molecule has 0 bridgehead atoms. The van der Waals surface area contributed by atoms with Crippen LogP contribution in [-0.4, -0.2) is 36.9 Å². The summed E-state index contributed by atoms with van der Waals surface area (Å²) in [5, 5.41) is 15.8. The van der Waals surface area contributed by atoms with Crippen LogP contribution >= 0.6 is 23.1 Å². The minimum atomic E-state index is -0.144. The van der Waals surface area contributed by atoms with Crippen LogP contribution in [0, 0.1) is 13.8 Å². The second kappa shape index (κ2) is 7.45. The lowest BCUT2D eigenvalue weighted by Gasteiger charge is -2.06. The van der Waals surface area contributed by atoms with E-state index >= 15 is 0 Å². The molecule has 9 heteroatoms. The molecule has 27 heavy (non-hydrogen) atoms. The molecule has 0 atom stereocenters. The van der Waals surface area contributed by atoms with E-state index in [1.54, 1.807) is 4.68 Å². The average molecular weight is 397 g/mol. The Labute approximate surface area is 163 Å². The van der Waals surface area contributed by atoms with Gasteiger partial charge in [0.05, 0.1) is 21.7 Å². The highest BCUT2D eigenvalue weighted by Crippen LogP contribution is 2.26. The number of hydrogen-bond acceptors (Lipinski definition) is 7. The smallest absolute Gasteiger partial charge is 0.236 e. The molecule has 0 fully saturated rings. The zero-order valence-electron chi connectivity index (χ0n) is 14.7. The van der Waals surface area contributed by atoms with Crippen molar-refractivity contribution in [2.45, 2.75) is 19.0 Å². The number of carbonyl (C=O) groups is 1. The summed E-state index contributed by atoms with van der Waals surface area (Å²) >= 11 is 2.74. The number of hydrogen-bond donors (Lipinski definition) is 1. The molecule has 0 spiro atoms. The number of amides is 1. The number of rotatable bonds is 5. The molecular weight excluding hydrogens is 380 g/mol. The van der Waals surface area contributed by atoms with E-state index in [1.807, 2.05) is 50.2 Å². The number of nitrogens with zero attached hydrogens (tertiary/aromatic N) is 5. The Morgan fingerprint density at radius 1 is 1.19 bits per heavy atom. The van der Waals surface area contributed by atoms with Gasteiger partial charge in [0.15, 0.2) is 5.13 Å². The number of tetrazole rings is 1. The summed E-state index contributed by atoms with van der Waals surface area (Å²) in [5.74, 6) is 0.0511. The van der Waals surface area contributed by atoms with Crippen molar-refractivity contribution in [1.29, 1.82) is 0 Å². The zero-order valence-corrected chi connectivity index (χ0v) is 16.3. The first-order chi connectivity index (χ1) is 13.1. The molecule has 0 saturated heterocycles. The lowest BCUT2D eigenvalue weighted by molar-refractivity contribution is -0.113. The van der Waals surface area contributed by atoms with Crippen molar-refractivity contribution < 1.29 is 4.79 Å². The standard InChI is InChI=1S/C18H16N6OS2/c1-11-7-12(2)9-13(8-11)24-18(21-22-23-24)26-10-16(25)20-17-19-14-5-3-4-6-15(14)27-17/h3-9H,10H2,1-2H3,(H,19,20,25). The van der Waals surface area contributed by atoms with E-state index in [0.717, 1.165) is 27.0 Å². The molecule has 4 rings (SSSR count). The summed E-state index contributed by atoms with van der Waals surface area (Å²) in [6.07, 6.45) is 0. The van der Waals surface area contributed by atoms with E-state index in [9.17, 15) is 4.79 Å². The molecule has 1 N–H and O–H groups in total. The molecule has 0 aliphatic heterocycles. The molecule has 4 aromatic rings. The average Bonchev–Trinajstić information content (AvgIpc) is 3.25. The first kappa shape index (κ1) is 17.6. The highest BCUT2D eigenvalue weighted by Gasteiger charge is 2.13. The first-order valence-electron chi connectivity index (χ1n) is 8.24. The molecule has 1 amide bonds. The number of aryl methyl sites for hydroxylation is 2. The largest absolute Gasteiger partial charge is 0.301 e. The number of carbonyl (C=O) groups excluding carboxylic acids is 1. The second-order valence-corrected chi connectivity index (χ2v) is 8.02. The van der Waals surface area contributed by atoms with Crippen LogP contribution in [0.5, 0.6) is 0 Å². The fourth-order valence-electron chi connectivity index (χ4n) is 2.72. The number of benzene rings is 2. The minimum absolute atomic E-state index is 0.144. The third-order valence-corrected chi connectivity index (χ3v) is 5.64. The number of anilines is 1. The zero-order chi connectivity index (χ0) is 18.8. The summed E-state index contributed by atoms with van der Waals surface area (Å²) in [6.45, 7) is 4.05. The maximum atomic E-state index is 12.3. The van der Waals surface area contributed by atoms with Crippen molar-refractivity contribution in [3.63, 3.8) is 0 Å². The van der Waals surface area contributed by atoms with Gasteiger partial charge in [0, 0.05) is 0 Å². The first-order valence-corrected chi connectivity index (χ1v) is 10.0. The Morgan fingerprint density at radius 3 is 2.74 bits per heavy atom. The van der Waals surface area contributed by atoms with Gasteiger partial charge in [-0.05, 0) is 59.7 Å². The normalized spacial score (nSPS) is 11.0. The highest BCUT2D eigenvalue weighted by molar-refractivity contribution is 7.99.